The third-order valence-corrected chi connectivity index (χ3v) is 6.04. The first kappa shape index (κ1) is 27.8. The van der Waals surface area contributed by atoms with Gasteiger partial charge >= 0.3 is 0 Å². The monoisotopic (exact) mass is 518 g/mol. The highest BCUT2D eigenvalue weighted by Crippen LogP contribution is 2.31. The van der Waals surface area contributed by atoms with Crippen LogP contribution < -0.4 is 16.0 Å². The van der Waals surface area contributed by atoms with Crippen molar-refractivity contribution in [2.45, 2.75) is 58.7 Å². The predicted molar refractivity (Wildman–Crippen MR) is 146 cm³/mol. The number of carbonyl (C=O) groups excluding carboxylic acids is 2. The molecular formula is C27H40F2N6O2. The van der Waals surface area contributed by atoms with Crippen LogP contribution in [0.4, 0.5) is 25.8 Å². The second-order valence-corrected chi connectivity index (χ2v) is 8.94. The summed E-state index contributed by atoms with van der Waals surface area (Å²) < 4.78 is 29.4. The zero-order valence-electron chi connectivity index (χ0n) is 21.6. The largest absolute Gasteiger partial charge is 0.353 e. The van der Waals surface area contributed by atoms with Crippen molar-refractivity contribution in [3.63, 3.8) is 0 Å². The Bertz CT molecular complexity index is 1230. The van der Waals surface area contributed by atoms with E-state index in [1.165, 1.54) is 6.20 Å². The van der Waals surface area contributed by atoms with Gasteiger partial charge in [-0.15, -0.1) is 0 Å². The highest BCUT2D eigenvalue weighted by Gasteiger charge is 2.31. The second kappa shape index (κ2) is 12.9. The molecule has 3 N–H and O–H groups in total. The fraction of sp³-hybridized carbons (Fsp3) is 0.407. The quantitative estimate of drug-likeness (QED) is 0.338. The lowest BCUT2D eigenvalue weighted by molar-refractivity contribution is -0.118. The maximum atomic E-state index is 14.1. The van der Waals surface area contributed by atoms with Gasteiger partial charge in [0.2, 0.25) is 5.91 Å². The molecule has 0 saturated heterocycles. The van der Waals surface area contributed by atoms with Crippen molar-refractivity contribution >= 4 is 28.9 Å². The first-order chi connectivity index (χ1) is 17.8. The van der Waals surface area contributed by atoms with Gasteiger partial charge in [-0.1, -0.05) is 19.9 Å². The van der Waals surface area contributed by atoms with E-state index in [-0.39, 0.29) is 15.9 Å². The maximum absolute atomic E-state index is 14.1. The molecule has 2 heterocycles. The summed E-state index contributed by atoms with van der Waals surface area (Å²) in [5, 5.41) is 12.6. The number of nitrogens with zero attached hydrogens (tertiary/aromatic N) is 3. The summed E-state index contributed by atoms with van der Waals surface area (Å²) in [6.45, 7) is 5.75. The molecule has 0 bridgehead atoms. The van der Waals surface area contributed by atoms with Gasteiger partial charge in [-0.3, -0.25) is 19.3 Å². The SMILES string of the molecule is CC.Cc1cc(Nc2cccc(C(=O)N[C@@H](C[C@@H]3CC[C@H](F)C3)C(=O)Nc3cnn(C)c3)c2)c(F)cn1.[HH].[HH].[HH]. The van der Waals surface area contributed by atoms with E-state index in [4.69, 9.17) is 0 Å². The first-order valence-corrected chi connectivity index (χ1v) is 12.5. The van der Waals surface area contributed by atoms with Crippen molar-refractivity contribution in [3.05, 3.63) is 66.0 Å². The van der Waals surface area contributed by atoms with E-state index in [1.807, 2.05) is 13.8 Å². The number of alkyl halides is 1. The number of halogens is 2. The van der Waals surface area contributed by atoms with Crippen LogP contribution in [0.1, 0.15) is 59.9 Å². The number of hydrogen-bond acceptors (Lipinski definition) is 5. The van der Waals surface area contributed by atoms with Gasteiger partial charge in [0.15, 0.2) is 5.82 Å². The van der Waals surface area contributed by atoms with Crippen molar-refractivity contribution in [3.8, 4) is 0 Å². The summed E-state index contributed by atoms with van der Waals surface area (Å²) in [4.78, 5) is 30.0. The molecular weight excluding hydrogens is 478 g/mol. The number of aryl methyl sites for hydroxylation is 2. The molecule has 37 heavy (non-hydrogen) atoms. The maximum Gasteiger partial charge on any atom is 0.252 e. The molecule has 1 aliphatic rings. The molecule has 3 aromatic rings. The van der Waals surface area contributed by atoms with Gasteiger partial charge in [0, 0.05) is 34.5 Å². The third-order valence-electron chi connectivity index (χ3n) is 6.04. The fourth-order valence-corrected chi connectivity index (χ4v) is 4.28. The van der Waals surface area contributed by atoms with Crippen molar-refractivity contribution in [2.75, 3.05) is 10.6 Å². The van der Waals surface area contributed by atoms with Crippen LogP contribution in [0.2, 0.25) is 0 Å². The Morgan fingerprint density at radius 2 is 1.97 bits per heavy atom. The molecule has 1 aromatic carbocycles. The summed E-state index contributed by atoms with van der Waals surface area (Å²) in [5.74, 6) is -1.36. The number of pyridine rings is 1. The summed E-state index contributed by atoms with van der Waals surface area (Å²) >= 11 is 0. The van der Waals surface area contributed by atoms with Crippen LogP contribution >= 0.6 is 0 Å². The van der Waals surface area contributed by atoms with Crippen LogP contribution in [0, 0.1) is 18.7 Å². The number of benzene rings is 1. The summed E-state index contributed by atoms with van der Waals surface area (Å²) in [6.07, 6.45) is 5.26. The van der Waals surface area contributed by atoms with Crippen LogP contribution in [0.5, 0.6) is 0 Å². The molecule has 3 atom stereocenters. The van der Waals surface area contributed by atoms with Gasteiger partial charge in [-0.2, -0.15) is 5.10 Å². The third kappa shape index (κ3) is 7.83. The molecule has 0 spiro atoms. The van der Waals surface area contributed by atoms with E-state index in [0.29, 0.717) is 48.3 Å². The standard InChI is InChI=1S/C25H28F2N6O2.C2H6.3H2/c1-15-8-22(21(27)13-28-15)30-19-5-3-4-17(11-19)24(34)32-23(10-16-6-7-18(26)9-16)25(35)31-20-12-29-33(2)14-20;1-2;;;/h3-5,8,11-14,16,18,23H,6-7,9-10H2,1-2H3,(H,28,30)(H,31,35)(H,32,34);1-2H3;3*1H/t16-,18+,23+;;;;/m1..../s1. The lowest BCUT2D eigenvalue weighted by Gasteiger charge is -2.21. The predicted octanol–water partition coefficient (Wildman–Crippen LogP) is 6.04. The molecule has 4 rings (SSSR count). The van der Waals surface area contributed by atoms with Crippen molar-refractivity contribution < 1.29 is 22.6 Å². The minimum atomic E-state index is -0.877. The van der Waals surface area contributed by atoms with Crippen molar-refractivity contribution in [2.24, 2.45) is 13.0 Å². The highest BCUT2D eigenvalue weighted by atomic mass is 19.1. The van der Waals surface area contributed by atoms with E-state index in [9.17, 15) is 18.4 Å². The lowest BCUT2D eigenvalue weighted by Crippen LogP contribution is -2.44. The Morgan fingerprint density at radius 1 is 1.19 bits per heavy atom. The van der Waals surface area contributed by atoms with E-state index >= 15 is 0 Å². The summed E-state index contributed by atoms with van der Waals surface area (Å²) in [6, 6.07) is 7.28. The Morgan fingerprint density at radius 3 is 2.65 bits per heavy atom. The number of aromatic nitrogens is 3. The molecule has 1 fully saturated rings. The molecule has 10 heteroatoms. The summed E-state index contributed by atoms with van der Waals surface area (Å²) in [5.41, 5.74) is 2.20. The number of nitrogens with one attached hydrogen (secondary N) is 3. The molecule has 0 unspecified atom stereocenters. The van der Waals surface area contributed by atoms with E-state index in [0.717, 1.165) is 6.20 Å². The lowest BCUT2D eigenvalue weighted by atomic mass is 9.97. The van der Waals surface area contributed by atoms with Crippen LogP contribution in [-0.4, -0.2) is 38.8 Å². The Labute approximate surface area is 220 Å². The zero-order chi connectivity index (χ0) is 26.9. The number of hydrogen-bond donors (Lipinski definition) is 3. The van der Waals surface area contributed by atoms with Crippen molar-refractivity contribution in [1.29, 1.82) is 0 Å². The molecule has 204 valence electrons. The minimum Gasteiger partial charge on any atom is -0.353 e. The fourth-order valence-electron chi connectivity index (χ4n) is 4.28. The van der Waals surface area contributed by atoms with Gasteiger partial charge < -0.3 is 16.0 Å². The average molecular weight is 519 g/mol. The van der Waals surface area contributed by atoms with E-state index < -0.39 is 29.8 Å². The Kier molecular flexibility index (Phi) is 9.71. The van der Waals surface area contributed by atoms with E-state index in [1.54, 1.807) is 55.2 Å². The molecule has 2 amide bonds. The van der Waals surface area contributed by atoms with Gasteiger partial charge in [-0.25, -0.2) is 8.78 Å². The second-order valence-electron chi connectivity index (χ2n) is 8.94. The number of rotatable bonds is 8. The summed E-state index contributed by atoms with van der Waals surface area (Å²) in [7, 11) is 1.73. The van der Waals surface area contributed by atoms with Crippen LogP contribution in [-0.2, 0) is 11.8 Å². The molecule has 0 radical (unpaired) electrons. The van der Waals surface area contributed by atoms with Gasteiger partial charge in [0.25, 0.3) is 5.91 Å². The van der Waals surface area contributed by atoms with Gasteiger partial charge in [0.1, 0.15) is 12.2 Å². The molecule has 0 aliphatic heterocycles. The highest BCUT2D eigenvalue weighted by molar-refractivity contribution is 6.01. The molecule has 2 aromatic heterocycles. The van der Waals surface area contributed by atoms with E-state index in [2.05, 4.69) is 26.0 Å². The molecule has 1 saturated carbocycles. The first-order valence-electron chi connectivity index (χ1n) is 12.5. The topological polar surface area (TPSA) is 101 Å². The normalized spacial score (nSPS) is 17.4. The van der Waals surface area contributed by atoms with Crippen LogP contribution in [0.3, 0.4) is 0 Å². The minimum absolute atomic E-state index is 0. The van der Waals surface area contributed by atoms with Gasteiger partial charge in [-0.05, 0) is 62.8 Å². The number of anilines is 3. The number of carbonyl (C=O) groups is 2. The smallest absolute Gasteiger partial charge is 0.252 e. The Hall–Kier alpha value is -3.82. The number of amides is 2. The van der Waals surface area contributed by atoms with Crippen molar-refractivity contribution in [1.82, 2.24) is 20.1 Å². The van der Waals surface area contributed by atoms with Crippen LogP contribution in [0.15, 0.2) is 48.9 Å². The molecule has 8 nitrogen and oxygen atoms in total. The average Bonchev–Trinajstić information content (AvgIpc) is 3.49. The van der Waals surface area contributed by atoms with Crippen LogP contribution in [0.25, 0.3) is 0 Å². The molecule has 1 aliphatic carbocycles. The van der Waals surface area contributed by atoms with Gasteiger partial charge in [0.05, 0.1) is 23.8 Å². The Balaban J connectivity index is 0.00000297. The zero-order valence-corrected chi connectivity index (χ0v) is 21.6.